The first-order chi connectivity index (χ1) is 7.59. The third kappa shape index (κ3) is 1.71. The van der Waals surface area contributed by atoms with Crippen LogP contribution in [0.15, 0.2) is 33.5 Å². The highest BCUT2D eigenvalue weighted by Gasteiger charge is 2.16. The van der Waals surface area contributed by atoms with Crippen LogP contribution in [-0.2, 0) is 4.79 Å². The van der Waals surface area contributed by atoms with Crippen LogP contribution in [0.4, 0.5) is 0 Å². The number of carbonyl (C=O) groups is 1. The molecule has 0 aliphatic carbocycles. The fraction of sp³-hybridized carbons (Fsp3) is 0.273. The molecule has 16 heavy (non-hydrogen) atoms. The van der Waals surface area contributed by atoms with Gasteiger partial charge in [0.25, 0.3) is 0 Å². The predicted octanol–water partition coefficient (Wildman–Crippen LogP) is 1.63. The van der Waals surface area contributed by atoms with Gasteiger partial charge in [-0.15, -0.1) is 0 Å². The number of carboxylic acids is 1. The van der Waals surface area contributed by atoms with Gasteiger partial charge in [-0.05, 0) is 19.1 Å². The van der Waals surface area contributed by atoms with Crippen molar-refractivity contribution in [1.29, 1.82) is 0 Å². The highest BCUT2D eigenvalue weighted by atomic mass is 16.4. The minimum absolute atomic E-state index is 0.108. The highest BCUT2D eigenvalue weighted by molar-refractivity contribution is 5.73. The number of hydrogen-bond acceptors (Lipinski definition) is 3. The van der Waals surface area contributed by atoms with Gasteiger partial charge >= 0.3 is 11.7 Å². The minimum Gasteiger partial charge on any atom is -0.481 e. The second-order valence-electron chi connectivity index (χ2n) is 3.65. The van der Waals surface area contributed by atoms with Gasteiger partial charge in [0.1, 0.15) is 0 Å². The first kappa shape index (κ1) is 10.5. The zero-order valence-corrected chi connectivity index (χ0v) is 8.71. The molecule has 84 valence electrons. The molecule has 5 nitrogen and oxygen atoms in total. The normalized spacial score (nSPS) is 12.8. The van der Waals surface area contributed by atoms with Crippen LogP contribution >= 0.6 is 0 Å². The van der Waals surface area contributed by atoms with Crippen LogP contribution in [0.1, 0.15) is 19.4 Å². The number of hydrogen-bond donors (Lipinski definition) is 1. The number of para-hydroxylation sites is 2. The van der Waals surface area contributed by atoms with Crippen molar-refractivity contribution < 1.29 is 14.3 Å². The Morgan fingerprint density at radius 3 is 2.88 bits per heavy atom. The molecule has 2 aromatic rings. The maximum absolute atomic E-state index is 11.6. The van der Waals surface area contributed by atoms with E-state index < -0.39 is 17.8 Å². The summed E-state index contributed by atoms with van der Waals surface area (Å²) in [6, 6.07) is 6.53. The molecule has 1 unspecified atom stereocenters. The first-order valence-electron chi connectivity index (χ1n) is 4.91. The molecule has 1 aromatic heterocycles. The topological polar surface area (TPSA) is 72.4 Å². The van der Waals surface area contributed by atoms with Gasteiger partial charge in [0.05, 0.1) is 11.9 Å². The molecular weight excluding hydrogens is 210 g/mol. The molecule has 0 aliphatic rings. The fourth-order valence-corrected chi connectivity index (χ4v) is 1.75. The van der Waals surface area contributed by atoms with E-state index in [2.05, 4.69) is 0 Å². The maximum Gasteiger partial charge on any atom is 0.420 e. The minimum atomic E-state index is -0.940. The second-order valence-corrected chi connectivity index (χ2v) is 3.65. The summed E-state index contributed by atoms with van der Waals surface area (Å²) in [5.41, 5.74) is 1.10. The van der Waals surface area contributed by atoms with Crippen molar-refractivity contribution in [2.24, 2.45) is 0 Å². The molecule has 1 N–H and O–H groups in total. The molecule has 0 saturated carbocycles. The Labute approximate surface area is 90.9 Å². The van der Waals surface area contributed by atoms with E-state index in [4.69, 9.17) is 9.52 Å². The molecule has 1 aromatic carbocycles. The summed E-state index contributed by atoms with van der Waals surface area (Å²) in [6.45, 7) is 1.68. The molecule has 0 amide bonds. The van der Waals surface area contributed by atoms with Gasteiger partial charge in [0.2, 0.25) is 0 Å². The molecule has 0 bridgehead atoms. The van der Waals surface area contributed by atoms with Crippen molar-refractivity contribution in [2.75, 3.05) is 0 Å². The lowest BCUT2D eigenvalue weighted by Gasteiger charge is -2.09. The molecule has 1 atom stereocenters. The average molecular weight is 221 g/mol. The number of fused-ring (bicyclic) bond motifs is 1. The summed E-state index contributed by atoms with van der Waals surface area (Å²) in [5.74, 6) is -1.46. The Bertz CT molecular complexity index is 581. The van der Waals surface area contributed by atoms with Crippen LogP contribution in [0.5, 0.6) is 0 Å². The lowest BCUT2D eigenvalue weighted by molar-refractivity contribution is -0.137. The monoisotopic (exact) mass is 221 g/mol. The molecule has 2 rings (SSSR count). The van der Waals surface area contributed by atoms with E-state index in [9.17, 15) is 9.59 Å². The molecular formula is C11H11NO4. The van der Waals surface area contributed by atoms with Crippen molar-refractivity contribution in [1.82, 2.24) is 4.57 Å². The third-order valence-electron chi connectivity index (χ3n) is 2.43. The zero-order chi connectivity index (χ0) is 11.7. The number of aromatic nitrogens is 1. The van der Waals surface area contributed by atoms with Gasteiger partial charge in [-0.1, -0.05) is 12.1 Å². The van der Waals surface area contributed by atoms with Crippen LogP contribution in [0.25, 0.3) is 11.1 Å². The first-order valence-corrected chi connectivity index (χ1v) is 4.91. The lowest BCUT2D eigenvalue weighted by atomic mass is 10.2. The van der Waals surface area contributed by atoms with Crippen molar-refractivity contribution in [2.45, 2.75) is 19.4 Å². The van der Waals surface area contributed by atoms with E-state index in [-0.39, 0.29) is 6.42 Å². The Morgan fingerprint density at radius 1 is 1.50 bits per heavy atom. The van der Waals surface area contributed by atoms with E-state index in [1.807, 2.05) is 0 Å². The Kier molecular flexibility index (Phi) is 2.52. The van der Waals surface area contributed by atoms with Crippen molar-refractivity contribution in [3.63, 3.8) is 0 Å². The smallest absolute Gasteiger partial charge is 0.420 e. The van der Waals surface area contributed by atoms with Crippen LogP contribution in [0.3, 0.4) is 0 Å². The van der Waals surface area contributed by atoms with Gasteiger partial charge in [0.15, 0.2) is 5.58 Å². The number of carboxylic acid groups (broad SMARTS) is 1. The zero-order valence-electron chi connectivity index (χ0n) is 8.71. The highest BCUT2D eigenvalue weighted by Crippen LogP contribution is 2.18. The van der Waals surface area contributed by atoms with E-state index in [1.165, 1.54) is 4.57 Å². The van der Waals surface area contributed by atoms with Gasteiger partial charge in [-0.3, -0.25) is 9.36 Å². The largest absolute Gasteiger partial charge is 0.481 e. The average Bonchev–Trinajstić information content (AvgIpc) is 2.52. The Morgan fingerprint density at radius 2 is 2.19 bits per heavy atom. The molecule has 0 fully saturated rings. The summed E-state index contributed by atoms with van der Waals surface area (Å²) in [5, 5.41) is 8.70. The fourth-order valence-electron chi connectivity index (χ4n) is 1.75. The summed E-state index contributed by atoms with van der Waals surface area (Å²) in [7, 11) is 0. The quantitative estimate of drug-likeness (QED) is 0.854. The summed E-state index contributed by atoms with van der Waals surface area (Å²) >= 11 is 0. The molecule has 0 radical (unpaired) electrons. The number of aliphatic carboxylic acids is 1. The van der Waals surface area contributed by atoms with Gasteiger partial charge < -0.3 is 9.52 Å². The summed E-state index contributed by atoms with van der Waals surface area (Å²) in [4.78, 5) is 22.2. The lowest BCUT2D eigenvalue weighted by Crippen LogP contribution is -2.20. The maximum atomic E-state index is 11.6. The Hall–Kier alpha value is -2.04. The summed E-state index contributed by atoms with van der Waals surface area (Å²) in [6.07, 6.45) is -0.108. The van der Waals surface area contributed by atoms with Crippen LogP contribution in [0.2, 0.25) is 0 Å². The third-order valence-corrected chi connectivity index (χ3v) is 2.43. The number of rotatable bonds is 3. The van der Waals surface area contributed by atoms with Gasteiger partial charge in [-0.25, -0.2) is 4.79 Å². The van der Waals surface area contributed by atoms with Crippen LogP contribution < -0.4 is 5.76 Å². The van der Waals surface area contributed by atoms with E-state index >= 15 is 0 Å². The van der Waals surface area contributed by atoms with Crippen molar-refractivity contribution >= 4 is 17.1 Å². The van der Waals surface area contributed by atoms with Gasteiger partial charge in [-0.2, -0.15) is 0 Å². The molecule has 1 heterocycles. The number of nitrogens with zero attached hydrogens (tertiary/aromatic N) is 1. The van der Waals surface area contributed by atoms with E-state index in [0.29, 0.717) is 11.1 Å². The van der Waals surface area contributed by atoms with Crippen LogP contribution in [0, 0.1) is 0 Å². The SMILES string of the molecule is CC(CC(=O)O)n1c(=O)oc2ccccc21. The van der Waals surface area contributed by atoms with Crippen LogP contribution in [-0.4, -0.2) is 15.6 Å². The van der Waals surface area contributed by atoms with Crippen molar-refractivity contribution in [3.05, 3.63) is 34.8 Å². The Balaban J connectivity index is 2.55. The number of oxazole rings is 1. The second kappa shape index (κ2) is 3.84. The molecule has 0 saturated heterocycles. The molecule has 0 spiro atoms. The molecule has 5 heteroatoms. The molecule has 0 aliphatic heterocycles. The summed E-state index contributed by atoms with van der Waals surface area (Å²) < 4.78 is 6.38. The van der Waals surface area contributed by atoms with E-state index in [0.717, 1.165) is 0 Å². The van der Waals surface area contributed by atoms with E-state index in [1.54, 1.807) is 31.2 Å². The van der Waals surface area contributed by atoms with Gasteiger partial charge in [0, 0.05) is 6.04 Å². The number of benzene rings is 1. The van der Waals surface area contributed by atoms with Crippen molar-refractivity contribution in [3.8, 4) is 0 Å². The standard InChI is InChI=1S/C11H11NO4/c1-7(6-10(13)14)12-8-4-2-3-5-9(8)16-11(12)15/h2-5,7H,6H2,1H3,(H,13,14). The predicted molar refractivity (Wildman–Crippen MR) is 57.4 cm³/mol.